The number of aliphatic hydroxyl groups excluding tert-OH is 1. The second-order valence-corrected chi connectivity index (χ2v) is 13.6. The number of carboxylic acids is 1. The predicted octanol–water partition coefficient (Wildman–Crippen LogP) is 5.36. The minimum atomic E-state index is -3.81. The molecule has 0 bridgehead atoms. The lowest BCUT2D eigenvalue weighted by Crippen LogP contribution is -2.46. The van der Waals surface area contributed by atoms with E-state index in [1.54, 1.807) is 18.2 Å². The molecule has 7 nitrogen and oxygen atoms in total. The second kappa shape index (κ2) is 14.2. The van der Waals surface area contributed by atoms with Crippen molar-refractivity contribution in [3.63, 3.8) is 0 Å². The Bertz CT molecular complexity index is 1420. The van der Waals surface area contributed by atoms with Crippen molar-refractivity contribution in [2.75, 3.05) is 20.1 Å². The van der Waals surface area contributed by atoms with Gasteiger partial charge in [-0.3, -0.25) is 4.79 Å². The maximum absolute atomic E-state index is 13.4. The van der Waals surface area contributed by atoms with Crippen LogP contribution in [0.4, 0.5) is 0 Å². The summed E-state index contributed by atoms with van der Waals surface area (Å²) in [6.07, 6.45) is 2.55. The Kier molecular flexibility index (Phi) is 11.3. The summed E-state index contributed by atoms with van der Waals surface area (Å²) in [4.78, 5) is 11.2. The van der Waals surface area contributed by atoms with E-state index in [1.165, 1.54) is 16.9 Å². The molecule has 0 unspecified atom stereocenters. The van der Waals surface area contributed by atoms with E-state index >= 15 is 0 Å². The van der Waals surface area contributed by atoms with Crippen LogP contribution in [0.1, 0.15) is 55.4 Å². The number of β-amino-alcohol motifs (C(OH)–C–C–N with tert-alkyl or cyclic N) is 1. The number of aryl methyl sites for hydroxylation is 4. The monoisotopic (exact) mass is 580 g/mol. The normalized spacial score (nSPS) is 13.0. The maximum atomic E-state index is 13.4. The third kappa shape index (κ3) is 9.50. The molecule has 41 heavy (non-hydrogen) atoms. The molecule has 0 saturated heterocycles. The quantitative estimate of drug-likeness (QED) is 0.223. The molecule has 0 radical (unpaired) electrons. The Hall–Kier alpha value is -3.04. The van der Waals surface area contributed by atoms with Gasteiger partial charge in [-0.05, 0) is 98.9 Å². The van der Waals surface area contributed by atoms with Gasteiger partial charge in [-0.2, -0.15) is 4.31 Å². The minimum absolute atomic E-state index is 0.0268. The summed E-state index contributed by atoms with van der Waals surface area (Å²) in [5, 5.41) is 23.1. The molecular formula is C33H44N2O5S. The lowest BCUT2D eigenvalue weighted by molar-refractivity contribution is -0.136. The molecule has 0 aliphatic carbocycles. The molecule has 3 rings (SSSR count). The summed E-state index contributed by atoms with van der Waals surface area (Å²) in [5.74, 6) is -0.842. The highest BCUT2D eigenvalue weighted by Gasteiger charge is 2.25. The summed E-state index contributed by atoms with van der Waals surface area (Å²) < 4.78 is 27.9. The fraction of sp³-hybridized carbons (Fsp3) is 0.424. The number of benzene rings is 3. The van der Waals surface area contributed by atoms with Gasteiger partial charge in [-0.15, -0.1) is 0 Å². The molecule has 0 aliphatic heterocycles. The van der Waals surface area contributed by atoms with Gasteiger partial charge < -0.3 is 15.5 Å². The SMILES string of the molecule is Cc1cc(S(=O)(=O)N(C)C[C@@H](O)CNC(C)(C)CCCc2ccccc2)ccc1-c1cc(CCC(=O)O)ccc1C. The second-order valence-electron chi connectivity index (χ2n) is 11.6. The van der Waals surface area contributed by atoms with Crippen molar-refractivity contribution >= 4 is 16.0 Å². The Morgan fingerprint density at radius 2 is 1.63 bits per heavy atom. The molecule has 1 atom stereocenters. The van der Waals surface area contributed by atoms with Gasteiger partial charge >= 0.3 is 5.97 Å². The van der Waals surface area contributed by atoms with Crippen LogP contribution >= 0.6 is 0 Å². The number of carbonyl (C=O) groups is 1. The highest BCUT2D eigenvalue weighted by atomic mass is 32.2. The topological polar surface area (TPSA) is 107 Å². The molecule has 0 aliphatic rings. The van der Waals surface area contributed by atoms with E-state index in [1.807, 2.05) is 50.2 Å². The van der Waals surface area contributed by atoms with Crippen LogP contribution in [-0.4, -0.2) is 60.7 Å². The summed E-state index contributed by atoms with van der Waals surface area (Å²) in [6.45, 7) is 8.30. The average molecular weight is 581 g/mol. The average Bonchev–Trinajstić information content (AvgIpc) is 2.92. The maximum Gasteiger partial charge on any atom is 0.303 e. The largest absolute Gasteiger partial charge is 0.481 e. The van der Waals surface area contributed by atoms with E-state index < -0.39 is 22.1 Å². The van der Waals surface area contributed by atoms with Gasteiger partial charge in [0.1, 0.15) is 0 Å². The van der Waals surface area contributed by atoms with Crippen molar-refractivity contribution in [1.29, 1.82) is 0 Å². The van der Waals surface area contributed by atoms with Crippen molar-refractivity contribution in [2.24, 2.45) is 0 Å². The van der Waals surface area contributed by atoms with Crippen LogP contribution in [0, 0.1) is 13.8 Å². The van der Waals surface area contributed by atoms with E-state index in [0.29, 0.717) is 6.42 Å². The van der Waals surface area contributed by atoms with Gasteiger partial charge in [-0.25, -0.2) is 8.42 Å². The number of carboxylic acid groups (broad SMARTS) is 1. The minimum Gasteiger partial charge on any atom is -0.481 e. The van der Waals surface area contributed by atoms with Gasteiger partial charge in [0.15, 0.2) is 0 Å². The molecule has 0 amide bonds. The van der Waals surface area contributed by atoms with Crippen molar-refractivity contribution < 1.29 is 23.4 Å². The highest BCUT2D eigenvalue weighted by Crippen LogP contribution is 2.30. The Morgan fingerprint density at radius 1 is 0.927 bits per heavy atom. The Morgan fingerprint density at radius 3 is 2.29 bits per heavy atom. The number of nitrogens with one attached hydrogen (secondary N) is 1. The van der Waals surface area contributed by atoms with Gasteiger partial charge in [0.2, 0.25) is 10.0 Å². The van der Waals surface area contributed by atoms with Gasteiger partial charge in [-0.1, -0.05) is 54.6 Å². The number of nitrogens with zero attached hydrogens (tertiary/aromatic N) is 1. The third-order valence-corrected chi connectivity index (χ3v) is 9.34. The number of aliphatic hydroxyl groups is 1. The molecule has 8 heteroatoms. The number of aliphatic carboxylic acids is 1. The van der Waals surface area contributed by atoms with Crippen molar-refractivity contribution in [2.45, 2.75) is 76.3 Å². The fourth-order valence-corrected chi connectivity index (χ4v) is 6.26. The molecule has 222 valence electrons. The summed E-state index contributed by atoms with van der Waals surface area (Å²) in [7, 11) is -2.32. The standard InChI is InChI=1S/C33H44N2O5S/c1-24-13-14-27(15-18-32(37)38)21-31(24)30-17-16-29(20-25(30)2)41(39,40)35(5)23-28(36)22-34-33(3,4)19-9-12-26-10-7-6-8-11-26/h6-8,10-11,13-14,16-17,20-21,28,34,36H,9,12,15,18-19,22-23H2,1-5H3,(H,37,38)/t28-/m0/s1. The molecule has 3 N–H and O–H groups in total. The number of hydrogen-bond acceptors (Lipinski definition) is 5. The Balaban J connectivity index is 1.60. The molecular weight excluding hydrogens is 536 g/mol. The molecule has 0 aromatic heterocycles. The molecule has 3 aromatic rings. The smallest absolute Gasteiger partial charge is 0.303 e. The van der Waals surface area contributed by atoms with E-state index in [-0.39, 0.29) is 29.9 Å². The van der Waals surface area contributed by atoms with Crippen LogP contribution in [0.25, 0.3) is 11.1 Å². The van der Waals surface area contributed by atoms with Crippen molar-refractivity contribution in [1.82, 2.24) is 9.62 Å². The summed E-state index contributed by atoms with van der Waals surface area (Å²) >= 11 is 0. The zero-order valence-corrected chi connectivity index (χ0v) is 25.7. The molecule has 0 spiro atoms. The van der Waals surface area contributed by atoms with E-state index in [0.717, 1.165) is 47.1 Å². The molecule has 0 fully saturated rings. The predicted molar refractivity (Wildman–Crippen MR) is 165 cm³/mol. The van der Waals surface area contributed by atoms with Crippen LogP contribution in [0.2, 0.25) is 0 Å². The van der Waals surface area contributed by atoms with Crippen LogP contribution in [-0.2, 0) is 27.7 Å². The Labute approximate surface area is 245 Å². The first kappa shape index (κ1) is 32.5. The fourth-order valence-electron chi connectivity index (χ4n) is 4.97. The van der Waals surface area contributed by atoms with Gasteiger partial charge in [0.25, 0.3) is 0 Å². The van der Waals surface area contributed by atoms with Crippen LogP contribution in [0.15, 0.2) is 71.6 Å². The summed E-state index contributed by atoms with van der Waals surface area (Å²) in [6, 6.07) is 21.3. The lowest BCUT2D eigenvalue weighted by atomic mass is 9.94. The zero-order chi connectivity index (χ0) is 30.2. The van der Waals surface area contributed by atoms with Crippen LogP contribution in [0.3, 0.4) is 0 Å². The lowest BCUT2D eigenvalue weighted by Gasteiger charge is -2.29. The first-order valence-corrected chi connectivity index (χ1v) is 15.6. The highest BCUT2D eigenvalue weighted by molar-refractivity contribution is 7.89. The summed E-state index contributed by atoms with van der Waals surface area (Å²) in [5.41, 5.74) is 5.72. The van der Waals surface area contributed by atoms with Gasteiger partial charge in [0.05, 0.1) is 11.0 Å². The van der Waals surface area contributed by atoms with Crippen molar-refractivity contribution in [3.05, 3.63) is 89.0 Å². The van der Waals surface area contributed by atoms with Crippen LogP contribution < -0.4 is 5.32 Å². The third-order valence-electron chi connectivity index (χ3n) is 7.52. The van der Waals surface area contributed by atoms with Crippen molar-refractivity contribution in [3.8, 4) is 11.1 Å². The van der Waals surface area contributed by atoms with E-state index in [2.05, 4.69) is 31.3 Å². The first-order valence-electron chi connectivity index (χ1n) is 14.1. The van der Waals surface area contributed by atoms with E-state index in [4.69, 9.17) is 5.11 Å². The number of hydrogen-bond donors (Lipinski definition) is 3. The molecule has 3 aromatic carbocycles. The number of sulfonamides is 1. The number of likely N-dealkylation sites (N-methyl/N-ethyl adjacent to an activating group) is 1. The molecule has 0 heterocycles. The van der Waals surface area contributed by atoms with E-state index in [9.17, 15) is 18.3 Å². The molecule has 0 saturated carbocycles. The zero-order valence-electron chi connectivity index (χ0n) is 24.9. The van der Waals surface area contributed by atoms with Gasteiger partial charge in [0, 0.05) is 32.1 Å². The van der Waals surface area contributed by atoms with Crippen LogP contribution in [0.5, 0.6) is 0 Å². The first-order chi connectivity index (χ1) is 19.3. The number of rotatable bonds is 15.